The average Bonchev–Trinajstić information content (AvgIpc) is 2.33. The summed E-state index contributed by atoms with van der Waals surface area (Å²) < 4.78 is 23.2. The number of anilines is 1. The summed E-state index contributed by atoms with van der Waals surface area (Å²) in [5, 5.41) is 4.02. The molecule has 1 N–H and O–H groups in total. The number of hydrogen-bond acceptors (Lipinski definition) is 3. The molecule has 1 fully saturated rings. The molecular formula is C15H22ClNO2S. The van der Waals surface area contributed by atoms with Crippen molar-refractivity contribution < 1.29 is 8.42 Å². The van der Waals surface area contributed by atoms with Gasteiger partial charge in [-0.25, -0.2) is 8.42 Å². The Morgan fingerprint density at radius 2 is 1.70 bits per heavy atom. The number of halogens is 1. The van der Waals surface area contributed by atoms with Gasteiger partial charge in [0.1, 0.15) is 0 Å². The molecule has 2 rings (SSSR count). The van der Waals surface area contributed by atoms with Gasteiger partial charge in [0.05, 0.1) is 15.6 Å². The first-order valence-electron chi connectivity index (χ1n) is 7.23. The van der Waals surface area contributed by atoms with Crippen molar-refractivity contribution in [3.05, 3.63) is 23.2 Å². The third-order valence-electron chi connectivity index (χ3n) is 3.83. The van der Waals surface area contributed by atoms with Crippen LogP contribution in [0.15, 0.2) is 23.1 Å². The molecule has 0 amide bonds. The summed E-state index contributed by atoms with van der Waals surface area (Å²) in [6.07, 6.45) is 9.82. The topological polar surface area (TPSA) is 46.2 Å². The number of hydrogen-bond donors (Lipinski definition) is 1. The third-order valence-corrected chi connectivity index (χ3v) is 5.27. The van der Waals surface area contributed by atoms with E-state index in [2.05, 4.69) is 5.32 Å². The third kappa shape index (κ3) is 4.38. The van der Waals surface area contributed by atoms with Gasteiger partial charge in [-0.1, -0.05) is 43.7 Å². The molecule has 0 heterocycles. The van der Waals surface area contributed by atoms with Crippen LogP contribution in [0.3, 0.4) is 0 Å². The zero-order valence-corrected chi connectivity index (χ0v) is 13.4. The van der Waals surface area contributed by atoms with Gasteiger partial charge >= 0.3 is 0 Å². The van der Waals surface area contributed by atoms with Crippen molar-refractivity contribution in [2.24, 2.45) is 0 Å². The predicted molar refractivity (Wildman–Crippen MR) is 84.3 cm³/mol. The smallest absolute Gasteiger partial charge is 0.175 e. The largest absolute Gasteiger partial charge is 0.381 e. The predicted octanol–water partition coefficient (Wildman–Crippen LogP) is 4.27. The molecule has 1 aromatic rings. The minimum Gasteiger partial charge on any atom is -0.381 e. The van der Waals surface area contributed by atoms with Crippen molar-refractivity contribution in [1.82, 2.24) is 0 Å². The summed E-state index contributed by atoms with van der Waals surface area (Å²) in [4.78, 5) is 0.315. The fourth-order valence-electron chi connectivity index (χ4n) is 2.67. The lowest BCUT2D eigenvalue weighted by Crippen LogP contribution is -2.21. The van der Waals surface area contributed by atoms with Crippen LogP contribution in [-0.2, 0) is 9.84 Å². The molecule has 112 valence electrons. The van der Waals surface area contributed by atoms with Crippen LogP contribution < -0.4 is 5.32 Å². The molecule has 1 aliphatic carbocycles. The van der Waals surface area contributed by atoms with Crippen LogP contribution in [0.2, 0.25) is 5.02 Å². The molecule has 1 aliphatic rings. The van der Waals surface area contributed by atoms with Crippen molar-refractivity contribution in [2.45, 2.75) is 55.9 Å². The molecule has 0 bridgehead atoms. The number of sulfone groups is 1. The van der Waals surface area contributed by atoms with E-state index in [1.807, 2.05) is 0 Å². The van der Waals surface area contributed by atoms with Crippen molar-refractivity contribution in [3.8, 4) is 0 Å². The first-order chi connectivity index (χ1) is 9.47. The minimum absolute atomic E-state index is 0.315. The second-order valence-electron chi connectivity index (χ2n) is 5.60. The SMILES string of the molecule is CS(=O)(=O)c1ccc(Cl)c(NC2CCCCCCC2)c1. The van der Waals surface area contributed by atoms with Crippen LogP contribution in [0.1, 0.15) is 44.9 Å². The van der Waals surface area contributed by atoms with Gasteiger partial charge in [0, 0.05) is 12.3 Å². The van der Waals surface area contributed by atoms with Crippen LogP contribution in [0, 0.1) is 0 Å². The summed E-state index contributed by atoms with van der Waals surface area (Å²) in [6, 6.07) is 5.25. The highest BCUT2D eigenvalue weighted by atomic mass is 35.5. The van der Waals surface area contributed by atoms with Crippen LogP contribution >= 0.6 is 11.6 Å². The maximum absolute atomic E-state index is 11.6. The van der Waals surface area contributed by atoms with Gasteiger partial charge in [0.2, 0.25) is 0 Å². The average molecular weight is 316 g/mol. The van der Waals surface area contributed by atoms with Crippen LogP contribution in [0.25, 0.3) is 0 Å². The minimum atomic E-state index is -3.19. The van der Waals surface area contributed by atoms with Gasteiger partial charge in [-0.3, -0.25) is 0 Å². The van der Waals surface area contributed by atoms with E-state index in [-0.39, 0.29) is 0 Å². The molecule has 0 aliphatic heterocycles. The molecular weight excluding hydrogens is 294 g/mol. The Bertz CT molecular complexity index is 549. The van der Waals surface area contributed by atoms with Crippen molar-refractivity contribution in [1.29, 1.82) is 0 Å². The standard InChI is InChI=1S/C15H22ClNO2S/c1-20(18,19)13-9-10-14(16)15(11-13)17-12-7-5-3-2-4-6-8-12/h9-12,17H,2-8H2,1H3. The van der Waals surface area contributed by atoms with Crippen molar-refractivity contribution >= 4 is 27.1 Å². The van der Waals surface area contributed by atoms with Gasteiger partial charge in [-0.15, -0.1) is 0 Å². The molecule has 1 saturated carbocycles. The van der Waals surface area contributed by atoms with Gasteiger partial charge < -0.3 is 5.32 Å². The Morgan fingerprint density at radius 1 is 1.10 bits per heavy atom. The fraction of sp³-hybridized carbons (Fsp3) is 0.600. The van der Waals surface area contributed by atoms with Crippen molar-refractivity contribution in [2.75, 3.05) is 11.6 Å². The molecule has 0 unspecified atom stereocenters. The Balaban J connectivity index is 2.14. The van der Waals surface area contributed by atoms with E-state index in [0.29, 0.717) is 16.0 Å². The molecule has 0 atom stereocenters. The van der Waals surface area contributed by atoms with E-state index < -0.39 is 9.84 Å². The van der Waals surface area contributed by atoms with E-state index in [0.717, 1.165) is 18.5 Å². The molecule has 0 saturated heterocycles. The van der Waals surface area contributed by atoms with Gasteiger partial charge in [-0.2, -0.15) is 0 Å². The summed E-state index contributed by atoms with van der Waals surface area (Å²) in [6.45, 7) is 0. The van der Waals surface area contributed by atoms with Crippen molar-refractivity contribution in [3.63, 3.8) is 0 Å². The molecule has 0 spiro atoms. The van der Waals surface area contributed by atoms with E-state index in [1.165, 1.54) is 38.4 Å². The summed E-state index contributed by atoms with van der Waals surface area (Å²) in [7, 11) is -3.19. The van der Waals surface area contributed by atoms with Crippen LogP contribution in [0.5, 0.6) is 0 Å². The lowest BCUT2D eigenvalue weighted by Gasteiger charge is -2.23. The lowest BCUT2D eigenvalue weighted by molar-refractivity contribution is 0.471. The number of rotatable bonds is 3. The maximum atomic E-state index is 11.6. The van der Waals surface area contributed by atoms with Gasteiger partial charge in [0.25, 0.3) is 0 Å². The van der Waals surface area contributed by atoms with E-state index >= 15 is 0 Å². The molecule has 1 aromatic carbocycles. The lowest BCUT2D eigenvalue weighted by atomic mass is 9.96. The second kappa shape index (κ2) is 6.81. The molecule has 3 nitrogen and oxygen atoms in total. The van der Waals surface area contributed by atoms with E-state index in [4.69, 9.17) is 11.6 Å². The quantitative estimate of drug-likeness (QED) is 0.906. The monoisotopic (exact) mass is 315 g/mol. The first-order valence-corrected chi connectivity index (χ1v) is 9.50. The first kappa shape index (κ1) is 15.6. The van der Waals surface area contributed by atoms with E-state index in [1.54, 1.807) is 18.2 Å². The maximum Gasteiger partial charge on any atom is 0.175 e. The normalized spacial score (nSPS) is 18.3. The molecule has 20 heavy (non-hydrogen) atoms. The highest BCUT2D eigenvalue weighted by molar-refractivity contribution is 7.90. The Labute approximate surface area is 126 Å². The molecule has 5 heteroatoms. The molecule has 0 radical (unpaired) electrons. The van der Waals surface area contributed by atoms with Crippen LogP contribution in [0.4, 0.5) is 5.69 Å². The highest BCUT2D eigenvalue weighted by Gasteiger charge is 2.15. The number of nitrogens with one attached hydrogen (secondary N) is 1. The summed E-state index contributed by atoms with van der Waals surface area (Å²) in [5.41, 5.74) is 0.736. The van der Waals surface area contributed by atoms with Crippen LogP contribution in [-0.4, -0.2) is 20.7 Å². The zero-order valence-electron chi connectivity index (χ0n) is 11.9. The van der Waals surface area contributed by atoms with Gasteiger partial charge in [0.15, 0.2) is 9.84 Å². The fourth-order valence-corrected chi connectivity index (χ4v) is 3.49. The van der Waals surface area contributed by atoms with E-state index in [9.17, 15) is 8.42 Å². The Hall–Kier alpha value is -0.740. The number of benzene rings is 1. The highest BCUT2D eigenvalue weighted by Crippen LogP contribution is 2.28. The Morgan fingerprint density at radius 3 is 2.30 bits per heavy atom. The second-order valence-corrected chi connectivity index (χ2v) is 8.02. The summed E-state index contributed by atoms with van der Waals surface area (Å²) >= 11 is 6.18. The molecule has 0 aromatic heterocycles. The van der Waals surface area contributed by atoms with Gasteiger partial charge in [-0.05, 0) is 31.0 Å². The summed E-state index contributed by atoms with van der Waals surface area (Å²) in [5.74, 6) is 0. The zero-order chi connectivity index (χ0) is 14.6. The Kier molecular flexibility index (Phi) is 5.33.